The van der Waals surface area contributed by atoms with E-state index in [1.165, 1.54) is 0 Å². The van der Waals surface area contributed by atoms with E-state index in [0.717, 1.165) is 24.2 Å². The van der Waals surface area contributed by atoms with Crippen LogP contribution in [0.4, 0.5) is 5.69 Å². The Labute approximate surface area is 97.1 Å². The minimum atomic E-state index is 0.00927. The fraction of sp³-hybridized carbons (Fsp3) is 0.583. The average molecular weight is 227 g/mol. The van der Waals surface area contributed by atoms with Crippen LogP contribution in [0.15, 0.2) is 18.3 Å². The van der Waals surface area contributed by atoms with E-state index in [2.05, 4.69) is 24.1 Å². The predicted molar refractivity (Wildman–Crippen MR) is 66.6 cm³/mol. The summed E-state index contributed by atoms with van der Waals surface area (Å²) in [5, 5.41) is 3.51. The fourth-order valence-electron chi connectivity index (χ4n) is 1.58. The third-order valence-electron chi connectivity index (χ3n) is 2.92. The van der Waals surface area contributed by atoms with Crippen LogP contribution in [0.3, 0.4) is 0 Å². The van der Waals surface area contributed by atoms with Gasteiger partial charge < -0.3 is 5.32 Å². The van der Waals surface area contributed by atoms with Crippen LogP contribution in [0.25, 0.3) is 0 Å². The Morgan fingerprint density at radius 3 is 2.53 bits per heavy atom. The Kier molecular flexibility index (Phi) is 4.40. The van der Waals surface area contributed by atoms with E-state index in [9.17, 15) is 0 Å². The number of nitrogens with zero attached hydrogens (tertiary/aromatic N) is 1. The maximum Gasteiger partial charge on any atom is 0.0503 e. The summed E-state index contributed by atoms with van der Waals surface area (Å²) in [6.07, 6.45) is 3.87. The fourth-order valence-corrected chi connectivity index (χ4v) is 2.02. The monoisotopic (exact) mass is 226 g/mol. The zero-order chi connectivity index (χ0) is 11.3. The summed E-state index contributed by atoms with van der Waals surface area (Å²) in [5.74, 6) is 0.626. The minimum absolute atomic E-state index is 0.00927. The van der Waals surface area contributed by atoms with Crippen molar-refractivity contribution in [2.75, 3.05) is 11.2 Å². The van der Waals surface area contributed by atoms with Gasteiger partial charge in [0.15, 0.2) is 0 Å². The molecule has 0 bridgehead atoms. The van der Waals surface area contributed by atoms with E-state index in [0.29, 0.717) is 5.88 Å². The molecule has 3 heteroatoms. The molecule has 0 aliphatic rings. The van der Waals surface area contributed by atoms with Crippen LogP contribution in [0.1, 0.15) is 32.4 Å². The number of aromatic nitrogens is 1. The number of hydrogen-bond donors (Lipinski definition) is 1. The molecule has 0 radical (unpaired) electrons. The number of alkyl halides is 1. The van der Waals surface area contributed by atoms with Gasteiger partial charge in [-0.3, -0.25) is 4.98 Å². The van der Waals surface area contributed by atoms with Gasteiger partial charge in [-0.05, 0) is 31.9 Å². The number of anilines is 1. The first-order chi connectivity index (χ1) is 7.15. The van der Waals surface area contributed by atoms with Crippen LogP contribution in [0, 0.1) is 6.92 Å². The van der Waals surface area contributed by atoms with Crippen molar-refractivity contribution >= 4 is 17.3 Å². The van der Waals surface area contributed by atoms with E-state index >= 15 is 0 Å². The van der Waals surface area contributed by atoms with E-state index in [1.54, 1.807) is 0 Å². The van der Waals surface area contributed by atoms with Crippen LogP contribution in [0.5, 0.6) is 0 Å². The molecule has 1 aromatic heterocycles. The van der Waals surface area contributed by atoms with Crippen LogP contribution in [-0.2, 0) is 0 Å². The predicted octanol–water partition coefficient (Wildman–Crippen LogP) is 3.60. The van der Waals surface area contributed by atoms with Crippen molar-refractivity contribution < 1.29 is 0 Å². The van der Waals surface area contributed by atoms with Crippen LogP contribution < -0.4 is 5.32 Å². The van der Waals surface area contributed by atoms with Gasteiger partial charge in [0.2, 0.25) is 0 Å². The molecule has 2 nitrogen and oxygen atoms in total. The third kappa shape index (κ3) is 3.10. The summed E-state index contributed by atoms with van der Waals surface area (Å²) in [7, 11) is 0. The molecule has 0 spiro atoms. The highest BCUT2D eigenvalue weighted by Gasteiger charge is 2.24. The maximum absolute atomic E-state index is 6.04. The molecule has 0 aromatic carbocycles. The SMILES string of the molecule is CCC(CC)(CCl)Nc1ccnc(C)c1. The lowest BCUT2D eigenvalue weighted by Crippen LogP contribution is -2.38. The second-order valence-electron chi connectivity index (χ2n) is 3.93. The van der Waals surface area contributed by atoms with Crippen molar-refractivity contribution in [3.05, 3.63) is 24.0 Å². The molecule has 1 N–H and O–H groups in total. The average Bonchev–Trinajstić information content (AvgIpc) is 2.26. The summed E-state index contributed by atoms with van der Waals surface area (Å²) >= 11 is 6.04. The lowest BCUT2D eigenvalue weighted by atomic mass is 9.95. The van der Waals surface area contributed by atoms with Gasteiger partial charge in [0, 0.05) is 23.5 Å². The van der Waals surface area contributed by atoms with Crippen molar-refractivity contribution in [2.24, 2.45) is 0 Å². The van der Waals surface area contributed by atoms with Crippen molar-refractivity contribution in [1.29, 1.82) is 0 Å². The molecule has 1 aromatic rings. The number of pyridine rings is 1. The molecule has 0 aliphatic carbocycles. The Bertz CT molecular complexity index is 300. The van der Waals surface area contributed by atoms with Crippen molar-refractivity contribution in [3.63, 3.8) is 0 Å². The molecule has 0 fully saturated rings. The number of rotatable bonds is 5. The first-order valence-electron chi connectivity index (χ1n) is 5.42. The van der Waals surface area contributed by atoms with Crippen LogP contribution in [-0.4, -0.2) is 16.4 Å². The van der Waals surface area contributed by atoms with Crippen molar-refractivity contribution in [2.45, 2.75) is 39.2 Å². The molecular weight excluding hydrogens is 208 g/mol. The van der Waals surface area contributed by atoms with Crippen molar-refractivity contribution in [1.82, 2.24) is 4.98 Å². The minimum Gasteiger partial charge on any atom is -0.378 e. The standard InChI is InChI=1S/C12H19ClN2/c1-4-12(5-2,9-13)15-11-6-7-14-10(3)8-11/h6-8H,4-5,9H2,1-3H3,(H,14,15). The zero-order valence-corrected chi connectivity index (χ0v) is 10.4. The highest BCUT2D eigenvalue weighted by atomic mass is 35.5. The topological polar surface area (TPSA) is 24.9 Å². The first kappa shape index (κ1) is 12.3. The van der Waals surface area contributed by atoms with Gasteiger partial charge >= 0.3 is 0 Å². The number of hydrogen-bond acceptors (Lipinski definition) is 2. The Morgan fingerprint density at radius 2 is 2.07 bits per heavy atom. The van der Waals surface area contributed by atoms with Gasteiger partial charge in [0.1, 0.15) is 0 Å². The molecule has 0 aliphatic heterocycles. The lowest BCUT2D eigenvalue weighted by molar-refractivity contribution is 0.484. The highest BCUT2D eigenvalue weighted by molar-refractivity contribution is 6.18. The number of aryl methyl sites for hydroxylation is 1. The molecule has 1 rings (SSSR count). The summed E-state index contributed by atoms with van der Waals surface area (Å²) < 4.78 is 0. The van der Waals surface area contributed by atoms with Crippen molar-refractivity contribution in [3.8, 4) is 0 Å². The molecule has 84 valence electrons. The normalized spacial score (nSPS) is 11.5. The second-order valence-corrected chi connectivity index (χ2v) is 4.20. The molecular formula is C12H19ClN2. The summed E-state index contributed by atoms with van der Waals surface area (Å²) in [4.78, 5) is 4.17. The van der Waals surface area contributed by atoms with Gasteiger partial charge in [-0.2, -0.15) is 0 Å². The molecule has 15 heavy (non-hydrogen) atoms. The quantitative estimate of drug-likeness (QED) is 0.777. The van der Waals surface area contributed by atoms with Crippen LogP contribution >= 0.6 is 11.6 Å². The smallest absolute Gasteiger partial charge is 0.0503 e. The van der Waals surface area contributed by atoms with E-state index in [-0.39, 0.29) is 5.54 Å². The molecule has 0 unspecified atom stereocenters. The molecule has 0 saturated carbocycles. The highest BCUT2D eigenvalue weighted by Crippen LogP contribution is 2.23. The van der Waals surface area contributed by atoms with E-state index < -0.39 is 0 Å². The van der Waals surface area contributed by atoms with E-state index in [4.69, 9.17) is 11.6 Å². The molecule has 0 atom stereocenters. The molecule has 0 amide bonds. The van der Waals surface area contributed by atoms with Crippen LogP contribution in [0.2, 0.25) is 0 Å². The number of nitrogens with one attached hydrogen (secondary N) is 1. The van der Waals surface area contributed by atoms with Gasteiger partial charge in [-0.15, -0.1) is 11.6 Å². The summed E-state index contributed by atoms with van der Waals surface area (Å²) in [6, 6.07) is 4.03. The van der Waals surface area contributed by atoms with Gasteiger partial charge in [0.05, 0.1) is 5.54 Å². The largest absolute Gasteiger partial charge is 0.378 e. The Hall–Kier alpha value is -0.760. The lowest BCUT2D eigenvalue weighted by Gasteiger charge is -2.31. The summed E-state index contributed by atoms with van der Waals surface area (Å²) in [6.45, 7) is 6.31. The van der Waals surface area contributed by atoms with Gasteiger partial charge in [-0.1, -0.05) is 13.8 Å². The van der Waals surface area contributed by atoms with Gasteiger partial charge in [-0.25, -0.2) is 0 Å². The molecule has 0 saturated heterocycles. The van der Waals surface area contributed by atoms with Gasteiger partial charge in [0.25, 0.3) is 0 Å². The Morgan fingerprint density at radius 1 is 1.40 bits per heavy atom. The second kappa shape index (κ2) is 5.36. The number of halogens is 1. The summed E-state index contributed by atoms with van der Waals surface area (Å²) in [5.41, 5.74) is 2.14. The molecule has 1 heterocycles. The van der Waals surface area contributed by atoms with E-state index in [1.807, 2.05) is 25.3 Å². The zero-order valence-electron chi connectivity index (χ0n) is 9.68. The third-order valence-corrected chi connectivity index (χ3v) is 3.43. The Balaban J connectivity index is 2.82. The maximum atomic E-state index is 6.04. The first-order valence-corrected chi connectivity index (χ1v) is 5.96.